The van der Waals surface area contributed by atoms with Crippen molar-refractivity contribution in [3.8, 4) is 0 Å². The molecule has 0 aliphatic carbocycles. The predicted molar refractivity (Wildman–Crippen MR) is 117 cm³/mol. The molecule has 1 aromatic heterocycles. The molecule has 0 unspecified atom stereocenters. The lowest BCUT2D eigenvalue weighted by atomic mass is 10.2. The van der Waals surface area contributed by atoms with Gasteiger partial charge in [-0.05, 0) is 33.8 Å². The minimum Gasteiger partial charge on any atom is -0.372 e. The van der Waals surface area contributed by atoms with Crippen LogP contribution in [0.1, 0.15) is 27.7 Å². The van der Waals surface area contributed by atoms with E-state index >= 15 is 0 Å². The smallest absolute Gasteiger partial charge is 0.242 e. The van der Waals surface area contributed by atoms with Crippen molar-refractivity contribution in [3.63, 3.8) is 0 Å². The number of benzene rings is 1. The quantitative estimate of drug-likeness (QED) is 0.649. The number of thioether (sulfide) groups is 1. The Morgan fingerprint density at radius 2 is 1.79 bits per heavy atom. The molecular weight excluding hydrogens is 386 g/mol. The number of amides is 2. The molecule has 7 heteroatoms. The van der Waals surface area contributed by atoms with E-state index < -0.39 is 0 Å². The van der Waals surface area contributed by atoms with Crippen molar-refractivity contribution in [1.82, 2.24) is 14.4 Å². The van der Waals surface area contributed by atoms with Crippen molar-refractivity contribution in [2.24, 2.45) is 0 Å². The van der Waals surface area contributed by atoms with Gasteiger partial charge in [0.15, 0.2) is 0 Å². The number of aromatic nitrogens is 1. The van der Waals surface area contributed by atoms with Crippen molar-refractivity contribution in [3.05, 3.63) is 30.5 Å². The first kappa shape index (κ1) is 21.7. The van der Waals surface area contributed by atoms with Crippen LogP contribution in [0.4, 0.5) is 0 Å². The average Bonchev–Trinajstić information content (AvgIpc) is 3.04. The fourth-order valence-electron chi connectivity index (χ4n) is 3.89. The second-order valence-corrected chi connectivity index (χ2v) is 8.57. The van der Waals surface area contributed by atoms with E-state index in [9.17, 15) is 9.59 Å². The molecular formula is C22H31N3O3S. The van der Waals surface area contributed by atoms with Gasteiger partial charge in [0.25, 0.3) is 0 Å². The Bertz CT molecular complexity index is 852. The topological polar surface area (TPSA) is 54.8 Å². The normalized spacial score (nSPS) is 19.5. The first-order chi connectivity index (χ1) is 13.9. The predicted octanol–water partition coefficient (Wildman–Crippen LogP) is 3.24. The highest BCUT2D eigenvalue weighted by atomic mass is 32.2. The van der Waals surface area contributed by atoms with Crippen molar-refractivity contribution in [2.75, 3.05) is 31.9 Å². The van der Waals surface area contributed by atoms with Crippen molar-refractivity contribution >= 4 is 34.5 Å². The van der Waals surface area contributed by atoms with Crippen LogP contribution in [-0.4, -0.2) is 70.3 Å². The van der Waals surface area contributed by atoms with Gasteiger partial charge in [0.05, 0.1) is 18.0 Å². The highest BCUT2D eigenvalue weighted by molar-refractivity contribution is 8.00. The van der Waals surface area contributed by atoms with Gasteiger partial charge < -0.3 is 19.1 Å². The molecule has 3 rings (SSSR count). The summed E-state index contributed by atoms with van der Waals surface area (Å²) in [6.07, 6.45) is 2.15. The number of rotatable bonds is 7. The van der Waals surface area contributed by atoms with Gasteiger partial charge in [0.1, 0.15) is 6.54 Å². The molecule has 6 nitrogen and oxygen atoms in total. The monoisotopic (exact) mass is 417 g/mol. The third-order valence-electron chi connectivity index (χ3n) is 5.30. The Morgan fingerprint density at radius 1 is 1.14 bits per heavy atom. The number of hydrogen-bond acceptors (Lipinski definition) is 4. The molecule has 1 aliphatic rings. The molecule has 0 saturated carbocycles. The molecule has 0 bridgehead atoms. The van der Waals surface area contributed by atoms with Gasteiger partial charge in [-0.25, -0.2) is 0 Å². The zero-order valence-electron chi connectivity index (χ0n) is 17.8. The summed E-state index contributed by atoms with van der Waals surface area (Å²) >= 11 is 1.54. The number of carbonyl (C=O) groups excluding carboxylic acids is 2. The summed E-state index contributed by atoms with van der Waals surface area (Å²) in [7, 11) is 0. The standard InChI is InChI=1S/C22H31N3O3S/c1-5-23(6-2)21(26)14-24-13-20(18-9-7-8-10-19(18)24)29-15-22(27)25-11-16(3)28-17(4)12-25/h7-10,13,16-17H,5-6,11-12,14-15H2,1-4H3/t16-,17-/m1/s1. The van der Waals surface area contributed by atoms with Crippen molar-refractivity contribution in [1.29, 1.82) is 0 Å². The third-order valence-corrected chi connectivity index (χ3v) is 6.32. The number of morpholine rings is 1. The van der Waals surface area contributed by atoms with Crippen LogP contribution in [-0.2, 0) is 20.9 Å². The zero-order valence-corrected chi connectivity index (χ0v) is 18.6. The molecule has 1 aromatic carbocycles. The number of carbonyl (C=O) groups is 2. The Kier molecular flexibility index (Phi) is 7.24. The molecule has 1 fully saturated rings. The first-order valence-corrected chi connectivity index (χ1v) is 11.3. The number of nitrogens with zero attached hydrogens (tertiary/aromatic N) is 3. The van der Waals surface area contributed by atoms with Crippen LogP contribution in [0.3, 0.4) is 0 Å². The van der Waals surface area contributed by atoms with Crippen LogP contribution in [0.15, 0.2) is 35.4 Å². The molecule has 0 spiro atoms. The number of hydrogen-bond donors (Lipinski definition) is 0. The molecule has 2 aromatic rings. The minimum absolute atomic E-state index is 0.0701. The summed E-state index contributed by atoms with van der Waals surface area (Å²) in [5, 5.41) is 1.08. The first-order valence-electron chi connectivity index (χ1n) is 10.3. The summed E-state index contributed by atoms with van der Waals surface area (Å²) in [6, 6.07) is 8.06. The van der Waals surface area contributed by atoms with Crippen LogP contribution in [0.2, 0.25) is 0 Å². The number of likely N-dealkylation sites (N-methyl/N-ethyl adjacent to an activating group) is 1. The van der Waals surface area contributed by atoms with Crippen LogP contribution < -0.4 is 0 Å². The Labute approximate surface area is 177 Å². The summed E-state index contributed by atoms with van der Waals surface area (Å²) in [5.74, 6) is 0.630. The van der Waals surface area contributed by atoms with Crippen LogP contribution in [0, 0.1) is 0 Å². The van der Waals surface area contributed by atoms with Gasteiger partial charge in [-0.1, -0.05) is 18.2 Å². The number of para-hydroxylation sites is 1. The Hall–Kier alpha value is -1.99. The fraction of sp³-hybridized carbons (Fsp3) is 0.545. The van der Waals surface area contributed by atoms with Gasteiger partial charge >= 0.3 is 0 Å². The molecule has 2 heterocycles. The molecule has 29 heavy (non-hydrogen) atoms. The molecule has 1 saturated heterocycles. The molecule has 158 valence electrons. The molecule has 2 atom stereocenters. The van der Waals surface area contributed by atoms with Gasteiger partial charge in [-0.15, -0.1) is 11.8 Å². The SMILES string of the molecule is CCN(CC)C(=O)Cn1cc(SCC(=O)N2C[C@@H](C)O[C@H](C)C2)c2ccccc21. The van der Waals surface area contributed by atoms with Gasteiger partial charge in [0, 0.05) is 48.2 Å². The number of fused-ring (bicyclic) bond motifs is 1. The van der Waals surface area contributed by atoms with Gasteiger partial charge in [-0.3, -0.25) is 9.59 Å². The molecule has 1 aliphatic heterocycles. The second kappa shape index (κ2) is 9.67. The lowest BCUT2D eigenvalue weighted by Gasteiger charge is -2.35. The summed E-state index contributed by atoms with van der Waals surface area (Å²) in [5.41, 5.74) is 1.02. The van der Waals surface area contributed by atoms with Crippen LogP contribution >= 0.6 is 11.8 Å². The van der Waals surface area contributed by atoms with E-state index in [4.69, 9.17) is 4.74 Å². The van der Waals surface area contributed by atoms with Crippen molar-refractivity contribution in [2.45, 2.75) is 51.3 Å². The average molecular weight is 418 g/mol. The van der Waals surface area contributed by atoms with E-state index in [0.717, 1.165) is 15.8 Å². The maximum Gasteiger partial charge on any atom is 0.242 e. The van der Waals surface area contributed by atoms with E-state index in [1.807, 2.05) is 66.5 Å². The number of ether oxygens (including phenoxy) is 1. The van der Waals surface area contributed by atoms with E-state index in [1.54, 1.807) is 11.8 Å². The summed E-state index contributed by atoms with van der Waals surface area (Å²) in [6.45, 7) is 11.0. The van der Waals surface area contributed by atoms with Gasteiger partial charge in [-0.2, -0.15) is 0 Å². The zero-order chi connectivity index (χ0) is 21.0. The highest BCUT2D eigenvalue weighted by Gasteiger charge is 2.26. The largest absolute Gasteiger partial charge is 0.372 e. The van der Waals surface area contributed by atoms with Crippen LogP contribution in [0.25, 0.3) is 10.9 Å². The van der Waals surface area contributed by atoms with Crippen molar-refractivity contribution < 1.29 is 14.3 Å². The van der Waals surface area contributed by atoms with E-state index in [1.165, 1.54) is 0 Å². The van der Waals surface area contributed by atoms with E-state index in [0.29, 0.717) is 38.5 Å². The molecule has 0 N–H and O–H groups in total. The highest BCUT2D eigenvalue weighted by Crippen LogP contribution is 2.30. The Morgan fingerprint density at radius 3 is 2.45 bits per heavy atom. The lowest BCUT2D eigenvalue weighted by molar-refractivity contribution is -0.140. The van der Waals surface area contributed by atoms with Gasteiger partial charge in [0.2, 0.25) is 11.8 Å². The maximum absolute atomic E-state index is 12.7. The summed E-state index contributed by atoms with van der Waals surface area (Å²) in [4.78, 5) is 30.1. The van der Waals surface area contributed by atoms with Crippen LogP contribution in [0.5, 0.6) is 0 Å². The lowest BCUT2D eigenvalue weighted by Crippen LogP contribution is -2.48. The fourth-order valence-corrected chi connectivity index (χ4v) is 4.88. The summed E-state index contributed by atoms with van der Waals surface area (Å²) < 4.78 is 7.73. The second-order valence-electron chi connectivity index (χ2n) is 7.55. The molecule has 2 amide bonds. The Balaban J connectivity index is 1.73. The van der Waals surface area contributed by atoms with E-state index in [-0.39, 0.29) is 24.0 Å². The maximum atomic E-state index is 12.7. The van der Waals surface area contributed by atoms with E-state index in [2.05, 4.69) is 6.07 Å². The molecule has 0 radical (unpaired) electrons. The third kappa shape index (κ3) is 5.14. The minimum atomic E-state index is 0.0701.